The second-order valence-electron chi connectivity index (χ2n) is 5.68. The van der Waals surface area contributed by atoms with Crippen LogP contribution in [0.2, 0.25) is 0 Å². The predicted molar refractivity (Wildman–Crippen MR) is 108 cm³/mol. The first-order valence-corrected chi connectivity index (χ1v) is 9.35. The Hall–Kier alpha value is -2.30. The zero-order chi connectivity index (χ0) is 18.8. The van der Waals surface area contributed by atoms with Crippen molar-refractivity contribution in [1.29, 1.82) is 5.26 Å². The molecule has 0 saturated carbocycles. The van der Waals surface area contributed by atoms with Crippen molar-refractivity contribution in [3.05, 3.63) is 62.8 Å². The van der Waals surface area contributed by atoms with Crippen molar-refractivity contribution in [2.75, 3.05) is 30.5 Å². The van der Waals surface area contributed by atoms with Gasteiger partial charge in [0, 0.05) is 14.1 Å². The average molecular weight is 477 g/mol. The molecule has 1 heterocycles. The van der Waals surface area contributed by atoms with Gasteiger partial charge in [-0.3, -0.25) is 4.79 Å². The first-order valence-electron chi connectivity index (χ1n) is 7.76. The van der Waals surface area contributed by atoms with Gasteiger partial charge in [0.2, 0.25) is 5.78 Å². The van der Waals surface area contributed by atoms with E-state index in [2.05, 4.69) is 31.9 Å². The molecule has 0 atom stereocenters. The van der Waals surface area contributed by atoms with Crippen LogP contribution < -0.4 is 14.5 Å². The fraction of sp³-hybridized carbons (Fsp3) is 0.158. The molecule has 1 aliphatic heterocycles. The Labute approximate surface area is 168 Å². The van der Waals surface area contributed by atoms with Crippen molar-refractivity contribution in [3.8, 4) is 11.8 Å². The Morgan fingerprint density at radius 3 is 2.08 bits per heavy atom. The van der Waals surface area contributed by atoms with Gasteiger partial charge >= 0.3 is 0 Å². The van der Waals surface area contributed by atoms with Crippen LogP contribution in [-0.2, 0) is 4.79 Å². The third-order valence-corrected chi connectivity index (χ3v) is 5.37. The Bertz CT molecular complexity index is 899. The SMILES string of the molecule is CN1C(=C(C#N)C(=O)COc2c(Br)cccc2Br)N(C)c2ccccc21. The third kappa shape index (κ3) is 3.22. The highest BCUT2D eigenvalue weighted by molar-refractivity contribution is 9.11. The number of ketones is 1. The minimum absolute atomic E-state index is 0.0642. The van der Waals surface area contributed by atoms with E-state index in [0.717, 1.165) is 20.3 Å². The standard InChI is InChI=1S/C19H15Br2N3O2/c1-23-15-8-3-4-9-16(15)24(2)19(23)12(10-22)17(25)11-26-18-13(20)6-5-7-14(18)21/h3-9H,11H2,1-2H3. The van der Waals surface area contributed by atoms with E-state index in [4.69, 9.17) is 4.74 Å². The summed E-state index contributed by atoms with van der Waals surface area (Å²) in [6.45, 7) is -0.231. The molecule has 3 rings (SSSR count). The molecule has 7 heteroatoms. The highest BCUT2D eigenvalue weighted by Crippen LogP contribution is 2.40. The Morgan fingerprint density at radius 2 is 1.58 bits per heavy atom. The quantitative estimate of drug-likeness (QED) is 0.481. The van der Waals surface area contributed by atoms with Crippen molar-refractivity contribution in [3.63, 3.8) is 0 Å². The van der Waals surface area contributed by atoms with Crippen LogP contribution in [0.3, 0.4) is 0 Å². The highest BCUT2D eigenvalue weighted by Gasteiger charge is 2.31. The van der Waals surface area contributed by atoms with Gasteiger partial charge in [0.1, 0.15) is 23.2 Å². The van der Waals surface area contributed by atoms with E-state index in [1.807, 2.05) is 72.4 Å². The van der Waals surface area contributed by atoms with Crippen LogP contribution in [0.1, 0.15) is 0 Å². The van der Waals surface area contributed by atoms with Gasteiger partial charge < -0.3 is 14.5 Å². The van der Waals surface area contributed by atoms with E-state index in [-0.39, 0.29) is 18.0 Å². The van der Waals surface area contributed by atoms with Gasteiger partial charge in [-0.25, -0.2) is 0 Å². The fourth-order valence-corrected chi connectivity index (χ4v) is 4.11. The molecule has 0 aromatic heterocycles. The Morgan fingerprint density at radius 1 is 1.04 bits per heavy atom. The second kappa shape index (κ2) is 7.52. The molecule has 1 aliphatic rings. The number of rotatable bonds is 4. The van der Waals surface area contributed by atoms with Crippen LogP contribution in [0.25, 0.3) is 0 Å². The summed E-state index contributed by atoms with van der Waals surface area (Å²) < 4.78 is 7.11. The minimum atomic E-state index is -0.378. The number of carbonyl (C=O) groups excluding carboxylic acids is 1. The number of para-hydroxylation sites is 3. The number of anilines is 2. The van der Waals surface area contributed by atoms with E-state index in [1.165, 1.54) is 0 Å². The lowest BCUT2D eigenvalue weighted by Gasteiger charge is -2.20. The number of halogens is 2. The van der Waals surface area contributed by atoms with E-state index in [0.29, 0.717) is 11.6 Å². The molecule has 0 unspecified atom stereocenters. The number of benzene rings is 2. The number of hydrogen-bond donors (Lipinski definition) is 0. The van der Waals surface area contributed by atoms with Gasteiger partial charge in [-0.1, -0.05) is 18.2 Å². The molecule has 0 amide bonds. The summed E-state index contributed by atoms with van der Waals surface area (Å²) in [6.07, 6.45) is 0. The smallest absolute Gasteiger partial charge is 0.214 e. The van der Waals surface area contributed by atoms with E-state index in [9.17, 15) is 10.1 Å². The summed E-state index contributed by atoms with van der Waals surface area (Å²) in [5.41, 5.74) is 1.95. The molecule has 0 N–H and O–H groups in total. The normalized spacial score (nSPS) is 12.7. The first kappa shape index (κ1) is 18.5. The molecule has 2 aromatic carbocycles. The zero-order valence-corrected chi connectivity index (χ0v) is 17.3. The molecule has 132 valence electrons. The first-order chi connectivity index (χ1) is 12.5. The van der Waals surface area contributed by atoms with Gasteiger partial charge in [0.25, 0.3) is 0 Å². The van der Waals surface area contributed by atoms with Crippen LogP contribution in [0.4, 0.5) is 11.4 Å². The van der Waals surface area contributed by atoms with Crippen molar-refractivity contribution in [1.82, 2.24) is 0 Å². The maximum Gasteiger partial charge on any atom is 0.214 e. The molecule has 5 nitrogen and oxygen atoms in total. The van der Waals surface area contributed by atoms with Crippen LogP contribution in [-0.4, -0.2) is 26.5 Å². The topological polar surface area (TPSA) is 56.6 Å². The maximum atomic E-state index is 12.7. The summed E-state index contributed by atoms with van der Waals surface area (Å²) in [4.78, 5) is 16.4. The number of carbonyl (C=O) groups is 1. The monoisotopic (exact) mass is 475 g/mol. The molecule has 0 spiro atoms. The number of ether oxygens (including phenoxy) is 1. The average Bonchev–Trinajstić information content (AvgIpc) is 2.88. The maximum absolute atomic E-state index is 12.7. The van der Waals surface area contributed by atoms with E-state index >= 15 is 0 Å². The summed E-state index contributed by atoms with van der Waals surface area (Å²) >= 11 is 6.79. The molecule has 0 bridgehead atoms. The number of Topliss-reactive ketones (excluding diaryl/α,β-unsaturated/α-hetero) is 1. The third-order valence-electron chi connectivity index (χ3n) is 4.12. The molecule has 0 fully saturated rings. The van der Waals surface area contributed by atoms with E-state index in [1.54, 1.807) is 0 Å². The number of fused-ring (bicyclic) bond motifs is 1. The highest BCUT2D eigenvalue weighted by atomic mass is 79.9. The van der Waals surface area contributed by atoms with Crippen molar-refractivity contribution in [2.24, 2.45) is 0 Å². The van der Waals surface area contributed by atoms with Crippen LogP contribution in [0.15, 0.2) is 62.8 Å². The van der Waals surface area contributed by atoms with Crippen molar-refractivity contribution < 1.29 is 9.53 Å². The summed E-state index contributed by atoms with van der Waals surface area (Å²) in [7, 11) is 3.68. The summed E-state index contributed by atoms with van der Waals surface area (Å²) in [5.74, 6) is 0.699. The van der Waals surface area contributed by atoms with Gasteiger partial charge in [0.05, 0.1) is 20.3 Å². The molecule has 26 heavy (non-hydrogen) atoms. The molecule has 0 radical (unpaired) electrons. The van der Waals surface area contributed by atoms with Crippen LogP contribution >= 0.6 is 31.9 Å². The molecular formula is C19H15Br2N3O2. The van der Waals surface area contributed by atoms with Gasteiger partial charge in [-0.2, -0.15) is 5.26 Å². The molecule has 2 aromatic rings. The number of nitriles is 1. The lowest BCUT2D eigenvalue weighted by atomic mass is 10.2. The van der Waals surface area contributed by atoms with E-state index < -0.39 is 0 Å². The Balaban J connectivity index is 1.89. The number of nitrogens with zero attached hydrogens (tertiary/aromatic N) is 3. The van der Waals surface area contributed by atoms with Crippen molar-refractivity contribution in [2.45, 2.75) is 0 Å². The van der Waals surface area contributed by atoms with Crippen LogP contribution in [0.5, 0.6) is 5.75 Å². The van der Waals surface area contributed by atoms with Gasteiger partial charge in [0.15, 0.2) is 6.61 Å². The molecule has 0 saturated heterocycles. The lowest BCUT2D eigenvalue weighted by molar-refractivity contribution is -0.117. The minimum Gasteiger partial charge on any atom is -0.483 e. The molecule has 0 aliphatic carbocycles. The molecular weight excluding hydrogens is 462 g/mol. The summed E-state index contributed by atoms with van der Waals surface area (Å²) in [6, 6.07) is 15.3. The lowest BCUT2D eigenvalue weighted by Crippen LogP contribution is -2.27. The Kier molecular flexibility index (Phi) is 5.35. The fourth-order valence-electron chi connectivity index (χ4n) is 2.89. The number of hydrogen-bond acceptors (Lipinski definition) is 5. The zero-order valence-electron chi connectivity index (χ0n) is 14.2. The largest absolute Gasteiger partial charge is 0.483 e. The summed E-state index contributed by atoms with van der Waals surface area (Å²) in [5, 5.41) is 9.62. The van der Waals surface area contributed by atoms with Gasteiger partial charge in [-0.05, 0) is 56.1 Å². The van der Waals surface area contributed by atoms with Crippen molar-refractivity contribution >= 4 is 49.0 Å². The van der Waals surface area contributed by atoms with Gasteiger partial charge in [-0.15, -0.1) is 0 Å². The van der Waals surface area contributed by atoms with Crippen LogP contribution in [0, 0.1) is 11.3 Å². The second-order valence-corrected chi connectivity index (χ2v) is 7.39. The predicted octanol–water partition coefficient (Wildman–Crippen LogP) is 4.48.